The molecule has 1 saturated heterocycles. The number of amides is 1. The Morgan fingerprint density at radius 2 is 1.78 bits per heavy atom. The van der Waals surface area contributed by atoms with E-state index in [1.165, 1.54) is 10.6 Å². The van der Waals surface area contributed by atoms with Crippen LogP contribution in [0.3, 0.4) is 0 Å². The van der Waals surface area contributed by atoms with Crippen molar-refractivity contribution in [2.24, 2.45) is 0 Å². The summed E-state index contributed by atoms with van der Waals surface area (Å²) < 4.78 is 89.1. The Bertz CT molecular complexity index is 1100. The molecule has 5 nitrogen and oxygen atoms in total. The molecule has 0 radical (unpaired) electrons. The highest BCUT2D eigenvalue weighted by Gasteiger charge is 2.39. The number of hydrogen-bond donors (Lipinski definition) is 2. The lowest BCUT2D eigenvalue weighted by atomic mass is 9.92. The first kappa shape index (κ1) is 26.5. The molecule has 11 heteroatoms. The lowest BCUT2D eigenvalue weighted by molar-refractivity contribution is -0.141. The van der Waals surface area contributed by atoms with Crippen molar-refractivity contribution in [2.45, 2.75) is 82.6 Å². The van der Waals surface area contributed by atoms with Crippen LogP contribution in [0.5, 0.6) is 0 Å². The summed E-state index contributed by atoms with van der Waals surface area (Å²) in [5.41, 5.74) is -2.88. The molecule has 1 aromatic carbocycles. The molecule has 0 unspecified atom stereocenters. The third-order valence-corrected chi connectivity index (χ3v) is 7.00. The van der Waals surface area contributed by atoms with Crippen molar-refractivity contribution < 1.29 is 41.0 Å². The minimum absolute atomic E-state index is 0.0475. The molecular weight excluding hydrogens is 490 g/mol. The quantitative estimate of drug-likeness (QED) is 0.499. The molecule has 2 fully saturated rings. The molecule has 2 aromatic rings. The van der Waals surface area contributed by atoms with Crippen LogP contribution in [0.15, 0.2) is 24.3 Å². The number of ether oxygens (including phenoxy) is 1. The molecule has 1 aliphatic heterocycles. The number of benzene rings is 1. The third-order valence-electron chi connectivity index (χ3n) is 7.00. The predicted molar refractivity (Wildman–Crippen MR) is 119 cm³/mol. The largest absolute Gasteiger partial charge is 0.417 e. The monoisotopic (exact) mass is 518 g/mol. The van der Waals surface area contributed by atoms with Crippen LogP contribution in [-0.2, 0) is 23.6 Å². The first-order chi connectivity index (χ1) is 16.9. The van der Waals surface area contributed by atoms with Gasteiger partial charge in [0.05, 0.1) is 34.9 Å². The van der Waals surface area contributed by atoms with Gasteiger partial charge in [0.25, 0.3) is 5.91 Å². The Balaban J connectivity index is 1.82. The maximum atomic E-state index is 13.9. The number of carbonyl (C=O) groups is 1. The van der Waals surface area contributed by atoms with Gasteiger partial charge in [-0.3, -0.25) is 4.79 Å². The SMILES string of the molecule is Cc1c(C(=O)N[C@@H]2CCCC[C@H]2O)cc(-c2cc(C(F)(F)F)ccc2C(F)(F)F)n1C[C@H]1CCCO1. The van der Waals surface area contributed by atoms with Gasteiger partial charge in [-0.05, 0) is 56.9 Å². The average Bonchev–Trinajstić information content (AvgIpc) is 3.42. The second-order valence-electron chi connectivity index (χ2n) is 9.46. The highest BCUT2D eigenvalue weighted by atomic mass is 19.4. The lowest BCUT2D eigenvalue weighted by Crippen LogP contribution is -2.45. The molecule has 2 heterocycles. The Morgan fingerprint density at radius 3 is 2.39 bits per heavy atom. The topological polar surface area (TPSA) is 63.5 Å². The second-order valence-corrected chi connectivity index (χ2v) is 9.46. The molecule has 1 saturated carbocycles. The Hall–Kier alpha value is -2.53. The summed E-state index contributed by atoms with van der Waals surface area (Å²) in [6.07, 6.45) is -6.74. The van der Waals surface area contributed by atoms with Gasteiger partial charge in [0.2, 0.25) is 0 Å². The van der Waals surface area contributed by atoms with Gasteiger partial charge in [-0.25, -0.2) is 0 Å². The number of carbonyl (C=O) groups excluding carboxylic acids is 1. The number of rotatable bonds is 5. The Kier molecular flexibility index (Phi) is 7.43. The van der Waals surface area contributed by atoms with Crippen LogP contribution in [0.2, 0.25) is 0 Å². The molecule has 0 bridgehead atoms. The van der Waals surface area contributed by atoms with Crippen LogP contribution in [0.4, 0.5) is 26.3 Å². The zero-order valence-electron chi connectivity index (χ0n) is 19.7. The summed E-state index contributed by atoms with van der Waals surface area (Å²) in [5, 5.41) is 13.0. The summed E-state index contributed by atoms with van der Waals surface area (Å²) in [7, 11) is 0. The maximum absolute atomic E-state index is 13.9. The van der Waals surface area contributed by atoms with E-state index >= 15 is 0 Å². The summed E-state index contributed by atoms with van der Waals surface area (Å²) in [5.74, 6) is -0.591. The fourth-order valence-electron chi connectivity index (χ4n) is 5.03. The predicted octanol–water partition coefficient (Wildman–Crippen LogP) is 5.71. The van der Waals surface area contributed by atoms with Crippen molar-refractivity contribution in [1.82, 2.24) is 9.88 Å². The number of aliphatic hydroxyl groups is 1. The van der Waals surface area contributed by atoms with Crippen molar-refractivity contribution in [2.75, 3.05) is 6.61 Å². The van der Waals surface area contributed by atoms with E-state index in [4.69, 9.17) is 4.74 Å². The van der Waals surface area contributed by atoms with Crippen LogP contribution in [0, 0.1) is 6.92 Å². The van der Waals surface area contributed by atoms with Gasteiger partial charge < -0.3 is 19.7 Å². The van der Waals surface area contributed by atoms with E-state index in [0.29, 0.717) is 49.8 Å². The standard InChI is InChI=1S/C25H28F6N2O3/c1-14-17(23(35)32-20-6-2-3-7-22(20)34)12-21(33(14)13-16-5-4-10-36-16)18-11-15(24(26,27)28)8-9-19(18)25(29,30)31/h8-9,11-12,16,20,22,34H,2-7,10,13H2,1H3,(H,32,35)/t16-,20-,22-/m1/s1. The lowest BCUT2D eigenvalue weighted by Gasteiger charge is -2.28. The number of hydrogen-bond acceptors (Lipinski definition) is 3. The van der Waals surface area contributed by atoms with E-state index in [2.05, 4.69) is 5.32 Å². The number of aromatic nitrogens is 1. The molecule has 4 rings (SSSR count). The molecule has 198 valence electrons. The van der Waals surface area contributed by atoms with Gasteiger partial charge in [-0.2, -0.15) is 26.3 Å². The van der Waals surface area contributed by atoms with Crippen LogP contribution in [-0.4, -0.2) is 40.4 Å². The van der Waals surface area contributed by atoms with Crippen molar-refractivity contribution in [3.05, 3.63) is 46.6 Å². The zero-order chi connectivity index (χ0) is 26.3. The van der Waals surface area contributed by atoms with Crippen LogP contribution < -0.4 is 5.32 Å². The fraction of sp³-hybridized carbons (Fsp3) is 0.560. The normalized spacial score (nSPS) is 23.2. The summed E-state index contributed by atoms with van der Waals surface area (Å²) in [4.78, 5) is 13.2. The molecule has 0 spiro atoms. The first-order valence-electron chi connectivity index (χ1n) is 12.0. The molecular formula is C25H28F6N2O3. The number of nitrogens with zero attached hydrogens (tertiary/aromatic N) is 1. The van der Waals surface area contributed by atoms with Gasteiger partial charge in [0.1, 0.15) is 0 Å². The minimum Gasteiger partial charge on any atom is -0.391 e. The molecule has 36 heavy (non-hydrogen) atoms. The van der Waals surface area contributed by atoms with Gasteiger partial charge in [-0.15, -0.1) is 0 Å². The van der Waals surface area contributed by atoms with E-state index in [0.717, 1.165) is 19.3 Å². The van der Waals surface area contributed by atoms with Crippen molar-refractivity contribution in [1.29, 1.82) is 0 Å². The molecule has 2 aliphatic rings. The molecule has 1 aromatic heterocycles. The smallest absolute Gasteiger partial charge is 0.391 e. The summed E-state index contributed by atoms with van der Waals surface area (Å²) in [6, 6.07) is 2.02. The van der Waals surface area contributed by atoms with Gasteiger partial charge in [0, 0.05) is 30.1 Å². The van der Waals surface area contributed by atoms with E-state index in [1.54, 1.807) is 6.92 Å². The zero-order valence-corrected chi connectivity index (χ0v) is 19.7. The van der Waals surface area contributed by atoms with Crippen LogP contribution in [0.1, 0.15) is 65.7 Å². The number of alkyl halides is 6. The van der Waals surface area contributed by atoms with E-state index < -0.39 is 47.1 Å². The number of halogens is 6. The average molecular weight is 518 g/mol. The minimum atomic E-state index is -4.92. The van der Waals surface area contributed by atoms with E-state index in [-0.39, 0.29) is 23.9 Å². The highest BCUT2D eigenvalue weighted by molar-refractivity contribution is 5.97. The van der Waals surface area contributed by atoms with Crippen molar-refractivity contribution in [3.8, 4) is 11.3 Å². The van der Waals surface area contributed by atoms with E-state index in [9.17, 15) is 36.2 Å². The maximum Gasteiger partial charge on any atom is 0.417 e. The highest BCUT2D eigenvalue weighted by Crippen LogP contribution is 2.42. The Morgan fingerprint density at radius 1 is 1.06 bits per heavy atom. The Labute approximate surface area is 204 Å². The van der Waals surface area contributed by atoms with Gasteiger partial charge in [-0.1, -0.05) is 12.8 Å². The van der Waals surface area contributed by atoms with E-state index in [1.807, 2.05) is 0 Å². The summed E-state index contributed by atoms with van der Waals surface area (Å²) in [6.45, 7) is 2.12. The first-order valence-corrected chi connectivity index (χ1v) is 12.0. The number of aliphatic hydroxyl groups excluding tert-OH is 1. The molecule has 3 atom stereocenters. The van der Waals surface area contributed by atoms with Crippen molar-refractivity contribution in [3.63, 3.8) is 0 Å². The van der Waals surface area contributed by atoms with Gasteiger partial charge in [0.15, 0.2) is 0 Å². The van der Waals surface area contributed by atoms with Gasteiger partial charge >= 0.3 is 12.4 Å². The summed E-state index contributed by atoms with van der Waals surface area (Å²) >= 11 is 0. The molecule has 2 N–H and O–H groups in total. The third kappa shape index (κ3) is 5.56. The fourth-order valence-corrected chi connectivity index (χ4v) is 5.03. The molecule has 1 aliphatic carbocycles. The van der Waals surface area contributed by atoms with Crippen LogP contribution in [0.25, 0.3) is 11.3 Å². The second kappa shape index (κ2) is 10.1. The van der Waals surface area contributed by atoms with Crippen molar-refractivity contribution >= 4 is 5.91 Å². The van der Waals surface area contributed by atoms with Crippen LogP contribution >= 0.6 is 0 Å². The molecule has 1 amide bonds. The number of nitrogens with one attached hydrogen (secondary N) is 1.